The van der Waals surface area contributed by atoms with Gasteiger partial charge in [-0.2, -0.15) is 0 Å². The Balaban J connectivity index is 2.23. The smallest absolute Gasteiger partial charge is 0.343 e. The van der Waals surface area contributed by atoms with Crippen LogP contribution in [0.15, 0.2) is 41.7 Å². The lowest BCUT2D eigenvalue weighted by molar-refractivity contribution is -0.387. The van der Waals surface area contributed by atoms with Crippen molar-refractivity contribution in [1.82, 2.24) is 9.97 Å². The zero-order chi connectivity index (χ0) is 13.7. The van der Waals surface area contributed by atoms with Crippen molar-refractivity contribution < 1.29 is 4.92 Å². The van der Waals surface area contributed by atoms with E-state index in [0.29, 0.717) is 10.8 Å². The summed E-state index contributed by atoms with van der Waals surface area (Å²) in [5.74, 6) is 0.859. The number of anilines is 1. The molecule has 1 aromatic carbocycles. The molecule has 0 saturated heterocycles. The van der Waals surface area contributed by atoms with Crippen molar-refractivity contribution in [1.29, 1.82) is 0 Å². The van der Waals surface area contributed by atoms with Crippen molar-refractivity contribution in [3.05, 3.63) is 52.3 Å². The highest BCUT2D eigenvalue weighted by Gasteiger charge is 2.22. The van der Waals surface area contributed by atoms with E-state index in [2.05, 4.69) is 15.3 Å². The van der Waals surface area contributed by atoms with Crippen molar-refractivity contribution in [2.45, 2.75) is 10.8 Å². The Hall–Kier alpha value is -2.15. The van der Waals surface area contributed by atoms with Gasteiger partial charge in [0.2, 0.25) is 5.82 Å². The minimum Gasteiger partial charge on any atom is -0.367 e. The number of thioether (sulfide) groups is 1. The average molecular weight is 276 g/mol. The molecule has 0 aliphatic heterocycles. The molecule has 6 nitrogen and oxygen atoms in total. The fourth-order valence-corrected chi connectivity index (χ4v) is 2.47. The van der Waals surface area contributed by atoms with Gasteiger partial charge in [-0.15, -0.1) is 0 Å². The lowest BCUT2D eigenvalue weighted by atomic mass is 10.2. The molecule has 7 heteroatoms. The molecule has 0 saturated carbocycles. The van der Waals surface area contributed by atoms with Crippen LogP contribution in [0.2, 0.25) is 0 Å². The summed E-state index contributed by atoms with van der Waals surface area (Å²) in [4.78, 5) is 18.5. The highest BCUT2D eigenvalue weighted by atomic mass is 32.2. The van der Waals surface area contributed by atoms with Gasteiger partial charge in [-0.3, -0.25) is 10.1 Å². The number of aromatic nitrogens is 2. The predicted molar refractivity (Wildman–Crippen MR) is 74.2 cm³/mol. The molecule has 0 radical (unpaired) electrons. The van der Waals surface area contributed by atoms with Gasteiger partial charge in [0.25, 0.3) is 0 Å². The normalized spacial score (nSPS) is 10.2. The van der Waals surface area contributed by atoms with Crippen molar-refractivity contribution in [2.24, 2.45) is 0 Å². The predicted octanol–water partition coefficient (Wildman–Crippen LogP) is 2.72. The Kier molecular flexibility index (Phi) is 4.30. The van der Waals surface area contributed by atoms with E-state index in [9.17, 15) is 10.1 Å². The monoisotopic (exact) mass is 276 g/mol. The molecule has 0 unspecified atom stereocenters. The van der Waals surface area contributed by atoms with Crippen LogP contribution in [0.4, 0.5) is 11.5 Å². The minimum atomic E-state index is -0.459. The van der Waals surface area contributed by atoms with E-state index >= 15 is 0 Å². The standard InChI is InChI=1S/C12H12N4O2S/c1-13-11-10(16(17)18)12(15-8-14-11)19-7-9-5-3-2-4-6-9/h2-6,8H,7H2,1H3,(H,13,14,15). The summed E-state index contributed by atoms with van der Waals surface area (Å²) in [5.41, 5.74) is 1.01. The van der Waals surface area contributed by atoms with Crippen LogP contribution in [-0.2, 0) is 5.75 Å². The van der Waals surface area contributed by atoms with Gasteiger partial charge in [0.15, 0.2) is 5.03 Å². The Bertz CT molecular complexity index is 577. The number of nitro groups is 1. The molecular formula is C12H12N4O2S. The Morgan fingerprint density at radius 3 is 2.68 bits per heavy atom. The van der Waals surface area contributed by atoms with Crippen LogP contribution < -0.4 is 5.32 Å². The molecule has 1 heterocycles. The minimum absolute atomic E-state index is 0.0778. The molecule has 19 heavy (non-hydrogen) atoms. The molecule has 1 N–H and O–H groups in total. The van der Waals surface area contributed by atoms with Crippen molar-refractivity contribution in [3.63, 3.8) is 0 Å². The fraction of sp³-hybridized carbons (Fsp3) is 0.167. The summed E-state index contributed by atoms with van der Waals surface area (Å²) in [6, 6.07) is 9.74. The second-order valence-electron chi connectivity index (χ2n) is 3.66. The maximum atomic E-state index is 11.1. The Morgan fingerprint density at radius 2 is 2.05 bits per heavy atom. The van der Waals surface area contributed by atoms with Gasteiger partial charge in [0, 0.05) is 12.8 Å². The quantitative estimate of drug-likeness (QED) is 0.391. The molecule has 0 bridgehead atoms. The van der Waals surface area contributed by atoms with Crippen molar-refractivity contribution in [2.75, 3.05) is 12.4 Å². The van der Waals surface area contributed by atoms with Crippen molar-refractivity contribution in [3.8, 4) is 0 Å². The highest BCUT2D eigenvalue weighted by molar-refractivity contribution is 7.98. The number of nitrogens with one attached hydrogen (secondary N) is 1. The molecule has 0 atom stereocenters. The lowest BCUT2D eigenvalue weighted by Crippen LogP contribution is -2.02. The number of hydrogen-bond acceptors (Lipinski definition) is 6. The van der Waals surface area contributed by atoms with Gasteiger partial charge in [-0.05, 0) is 5.56 Å². The molecule has 0 spiro atoms. The van der Waals surface area contributed by atoms with Gasteiger partial charge in [-0.25, -0.2) is 9.97 Å². The van der Waals surface area contributed by atoms with E-state index in [-0.39, 0.29) is 11.5 Å². The van der Waals surface area contributed by atoms with Gasteiger partial charge >= 0.3 is 5.69 Å². The summed E-state index contributed by atoms with van der Waals surface area (Å²) in [6.07, 6.45) is 1.33. The van der Waals surface area contributed by atoms with E-state index in [4.69, 9.17) is 0 Å². The summed E-state index contributed by atoms with van der Waals surface area (Å²) < 4.78 is 0. The summed E-state index contributed by atoms with van der Waals surface area (Å²) in [7, 11) is 1.60. The third-order valence-electron chi connectivity index (χ3n) is 2.43. The molecule has 0 fully saturated rings. The van der Waals surface area contributed by atoms with Gasteiger partial charge in [0.05, 0.1) is 4.92 Å². The largest absolute Gasteiger partial charge is 0.367 e. The van der Waals surface area contributed by atoms with Crippen LogP contribution in [0.3, 0.4) is 0 Å². The highest BCUT2D eigenvalue weighted by Crippen LogP contribution is 2.33. The zero-order valence-corrected chi connectivity index (χ0v) is 11.1. The number of rotatable bonds is 5. The van der Waals surface area contributed by atoms with Gasteiger partial charge in [0.1, 0.15) is 6.33 Å². The van der Waals surface area contributed by atoms with E-state index < -0.39 is 4.92 Å². The third kappa shape index (κ3) is 3.19. The van der Waals surface area contributed by atoms with Crippen LogP contribution in [-0.4, -0.2) is 21.9 Å². The molecular weight excluding hydrogens is 264 g/mol. The first-order valence-corrected chi connectivity index (χ1v) is 6.55. The molecule has 0 aliphatic rings. The summed E-state index contributed by atoms with van der Waals surface area (Å²) in [5, 5.41) is 14.2. The second-order valence-corrected chi connectivity index (χ2v) is 4.62. The SMILES string of the molecule is CNc1ncnc(SCc2ccccc2)c1[N+](=O)[O-]. The maximum absolute atomic E-state index is 11.1. The summed E-state index contributed by atoms with van der Waals surface area (Å²) >= 11 is 1.33. The molecule has 0 amide bonds. The maximum Gasteiger partial charge on any atom is 0.343 e. The lowest BCUT2D eigenvalue weighted by Gasteiger charge is -2.05. The van der Waals surface area contributed by atoms with Gasteiger partial charge < -0.3 is 5.32 Å². The Morgan fingerprint density at radius 1 is 1.32 bits per heavy atom. The van der Waals surface area contributed by atoms with E-state index in [1.807, 2.05) is 30.3 Å². The van der Waals surface area contributed by atoms with E-state index in [1.165, 1.54) is 18.1 Å². The van der Waals surface area contributed by atoms with Crippen molar-refractivity contribution >= 4 is 23.3 Å². The van der Waals surface area contributed by atoms with Crippen LogP contribution >= 0.6 is 11.8 Å². The molecule has 1 aromatic heterocycles. The van der Waals surface area contributed by atoms with Crippen LogP contribution in [0.25, 0.3) is 0 Å². The number of hydrogen-bond donors (Lipinski definition) is 1. The first kappa shape index (κ1) is 13.3. The molecule has 0 aliphatic carbocycles. The second kappa shape index (κ2) is 6.14. The molecule has 98 valence electrons. The van der Waals surface area contributed by atoms with Crippen LogP contribution in [0.1, 0.15) is 5.56 Å². The average Bonchev–Trinajstić information content (AvgIpc) is 2.45. The first-order chi connectivity index (χ1) is 9.22. The Labute approximate surface area is 114 Å². The fourth-order valence-electron chi connectivity index (χ4n) is 1.54. The first-order valence-electron chi connectivity index (χ1n) is 5.56. The molecule has 2 rings (SSSR count). The van der Waals surface area contributed by atoms with E-state index in [0.717, 1.165) is 5.56 Å². The van der Waals surface area contributed by atoms with Gasteiger partial charge in [-0.1, -0.05) is 42.1 Å². The zero-order valence-electron chi connectivity index (χ0n) is 10.2. The molecule has 2 aromatic rings. The summed E-state index contributed by atoms with van der Waals surface area (Å²) in [6.45, 7) is 0. The number of benzene rings is 1. The topological polar surface area (TPSA) is 81.0 Å². The van der Waals surface area contributed by atoms with E-state index in [1.54, 1.807) is 7.05 Å². The third-order valence-corrected chi connectivity index (χ3v) is 3.48. The van der Waals surface area contributed by atoms with Crippen LogP contribution in [0.5, 0.6) is 0 Å². The number of nitrogens with zero attached hydrogens (tertiary/aromatic N) is 3. The van der Waals surface area contributed by atoms with Crippen LogP contribution in [0, 0.1) is 10.1 Å².